The Hall–Kier alpha value is -3.95. The number of carbonyl (C=O) groups excluding carboxylic acids is 3. The van der Waals surface area contributed by atoms with Crippen molar-refractivity contribution in [1.29, 1.82) is 0 Å². The zero-order valence-corrected chi connectivity index (χ0v) is 21.1. The largest absolute Gasteiger partial charge is 0.488 e. The second kappa shape index (κ2) is 10.3. The van der Waals surface area contributed by atoms with Crippen LogP contribution < -0.4 is 15.0 Å². The molecule has 0 aliphatic carbocycles. The molecule has 0 spiro atoms. The predicted molar refractivity (Wildman–Crippen MR) is 137 cm³/mol. The smallest absolute Gasteiger partial charge is 0.335 e. The molecular formula is C26H18BrClN2O6. The summed E-state index contributed by atoms with van der Waals surface area (Å²) in [5.74, 6) is -2.07. The van der Waals surface area contributed by atoms with Gasteiger partial charge in [0, 0.05) is 5.02 Å². The number of imide groups is 2. The summed E-state index contributed by atoms with van der Waals surface area (Å²) in [6, 6.07) is 15.3. The van der Waals surface area contributed by atoms with Gasteiger partial charge in [0.05, 0.1) is 15.7 Å². The van der Waals surface area contributed by atoms with Crippen LogP contribution in [0, 0.1) is 6.92 Å². The van der Waals surface area contributed by atoms with E-state index in [-0.39, 0.29) is 23.4 Å². The third kappa shape index (κ3) is 5.32. The number of ether oxygens (including phenoxy) is 1. The molecule has 0 bridgehead atoms. The number of carboxylic acid groups (broad SMARTS) is 1. The van der Waals surface area contributed by atoms with Gasteiger partial charge in [0.15, 0.2) is 0 Å². The Morgan fingerprint density at radius 1 is 1.08 bits per heavy atom. The fourth-order valence-corrected chi connectivity index (χ4v) is 4.17. The molecule has 1 aliphatic rings. The maximum atomic E-state index is 13.2. The van der Waals surface area contributed by atoms with E-state index in [1.165, 1.54) is 24.3 Å². The van der Waals surface area contributed by atoms with Gasteiger partial charge in [-0.15, -0.1) is 0 Å². The number of nitrogens with zero attached hydrogens (tertiary/aromatic N) is 1. The third-order valence-electron chi connectivity index (χ3n) is 5.38. The van der Waals surface area contributed by atoms with Crippen molar-refractivity contribution in [3.8, 4) is 5.75 Å². The van der Waals surface area contributed by atoms with Gasteiger partial charge in [0.1, 0.15) is 17.9 Å². The number of rotatable bonds is 6. The molecule has 0 radical (unpaired) electrons. The Bertz CT molecular complexity index is 1430. The Balaban J connectivity index is 1.55. The number of barbiturate groups is 1. The van der Waals surface area contributed by atoms with Crippen molar-refractivity contribution in [1.82, 2.24) is 5.32 Å². The van der Waals surface area contributed by atoms with E-state index in [2.05, 4.69) is 21.2 Å². The molecule has 1 heterocycles. The lowest BCUT2D eigenvalue weighted by Gasteiger charge is -2.27. The number of anilines is 1. The van der Waals surface area contributed by atoms with Crippen LogP contribution in [0.3, 0.4) is 0 Å². The molecule has 3 aromatic rings. The number of carbonyl (C=O) groups is 4. The van der Waals surface area contributed by atoms with Gasteiger partial charge in [0.25, 0.3) is 11.8 Å². The summed E-state index contributed by atoms with van der Waals surface area (Å²) in [6.07, 6.45) is 1.39. The van der Waals surface area contributed by atoms with Gasteiger partial charge in [-0.05, 0) is 82.0 Å². The number of hydrogen-bond donors (Lipinski definition) is 2. The number of aryl methyl sites for hydroxylation is 1. The van der Waals surface area contributed by atoms with E-state index in [9.17, 15) is 19.2 Å². The zero-order chi connectivity index (χ0) is 26.0. The first-order chi connectivity index (χ1) is 17.1. The number of urea groups is 1. The van der Waals surface area contributed by atoms with Crippen LogP contribution in [0.4, 0.5) is 10.5 Å². The standard InChI is InChI=1S/C26H18BrClN2O6/c1-14-2-8-18(28)12-21(14)30-24(32)19(23(31)29-26(30)35)10-16-5-9-22(20(27)11-16)36-13-15-3-6-17(7-4-15)25(33)34/h2-12H,13H2,1H3,(H,33,34)(H,29,31,35)/b19-10+. The fourth-order valence-electron chi connectivity index (χ4n) is 3.49. The van der Waals surface area contributed by atoms with Gasteiger partial charge in [-0.3, -0.25) is 14.9 Å². The first kappa shape index (κ1) is 25.2. The molecule has 182 valence electrons. The highest BCUT2D eigenvalue weighted by molar-refractivity contribution is 9.10. The van der Waals surface area contributed by atoms with Gasteiger partial charge in [-0.25, -0.2) is 14.5 Å². The summed E-state index contributed by atoms with van der Waals surface area (Å²) in [5.41, 5.74) is 2.19. The minimum Gasteiger partial charge on any atom is -0.488 e. The van der Waals surface area contributed by atoms with Crippen molar-refractivity contribution in [2.45, 2.75) is 13.5 Å². The second-order valence-corrected chi connectivity index (χ2v) is 9.16. The van der Waals surface area contributed by atoms with Gasteiger partial charge >= 0.3 is 12.0 Å². The van der Waals surface area contributed by atoms with Crippen molar-refractivity contribution in [2.24, 2.45) is 0 Å². The number of carboxylic acids is 1. The van der Waals surface area contributed by atoms with Crippen molar-refractivity contribution in [3.63, 3.8) is 0 Å². The van der Waals surface area contributed by atoms with E-state index in [1.54, 1.807) is 49.4 Å². The summed E-state index contributed by atoms with van der Waals surface area (Å²) < 4.78 is 6.37. The molecule has 2 N–H and O–H groups in total. The minimum absolute atomic E-state index is 0.185. The third-order valence-corrected chi connectivity index (χ3v) is 6.23. The van der Waals surface area contributed by atoms with E-state index in [0.717, 1.165) is 10.5 Å². The summed E-state index contributed by atoms with van der Waals surface area (Å²) in [5, 5.41) is 11.5. The van der Waals surface area contributed by atoms with E-state index < -0.39 is 23.8 Å². The molecule has 1 saturated heterocycles. The molecule has 1 aliphatic heterocycles. The van der Waals surface area contributed by atoms with E-state index in [0.29, 0.717) is 26.4 Å². The summed E-state index contributed by atoms with van der Waals surface area (Å²) in [6.45, 7) is 1.93. The Labute approximate surface area is 219 Å². The molecule has 10 heteroatoms. The number of halogens is 2. The average Bonchev–Trinajstić information content (AvgIpc) is 2.83. The molecule has 1 fully saturated rings. The van der Waals surface area contributed by atoms with E-state index in [4.69, 9.17) is 21.4 Å². The van der Waals surface area contributed by atoms with E-state index >= 15 is 0 Å². The lowest BCUT2D eigenvalue weighted by atomic mass is 10.1. The lowest BCUT2D eigenvalue weighted by Crippen LogP contribution is -2.54. The van der Waals surface area contributed by atoms with Gasteiger partial charge < -0.3 is 9.84 Å². The van der Waals surface area contributed by atoms with Crippen LogP contribution in [0.1, 0.15) is 27.0 Å². The maximum Gasteiger partial charge on any atom is 0.335 e. The Morgan fingerprint density at radius 2 is 1.81 bits per heavy atom. The molecule has 4 amide bonds. The van der Waals surface area contributed by atoms with Crippen molar-refractivity contribution in [2.75, 3.05) is 4.90 Å². The quantitative estimate of drug-likeness (QED) is 0.305. The molecule has 8 nitrogen and oxygen atoms in total. The molecule has 0 atom stereocenters. The summed E-state index contributed by atoms with van der Waals surface area (Å²) in [4.78, 5) is 50.0. The van der Waals surface area contributed by atoms with E-state index in [1.807, 2.05) is 0 Å². The Morgan fingerprint density at radius 3 is 2.47 bits per heavy atom. The average molecular weight is 570 g/mol. The van der Waals surface area contributed by atoms with Gasteiger partial charge in [0.2, 0.25) is 0 Å². The second-order valence-electron chi connectivity index (χ2n) is 7.87. The highest BCUT2D eigenvalue weighted by Gasteiger charge is 2.37. The lowest BCUT2D eigenvalue weighted by molar-refractivity contribution is -0.122. The van der Waals surface area contributed by atoms with Crippen molar-refractivity contribution < 1.29 is 29.0 Å². The predicted octanol–water partition coefficient (Wildman–Crippen LogP) is 5.35. The maximum absolute atomic E-state index is 13.2. The monoisotopic (exact) mass is 568 g/mol. The minimum atomic E-state index is -1.00. The van der Waals surface area contributed by atoms with Crippen LogP contribution in [0.15, 0.2) is 70.7 Å². The summed E-state index contributed by atoms with van der Waals surface area (Å²) in [7, 11) is 0. The van der Waals surface area contributed by atoms with Gasteiger partial charge in [-0.2, -0.15) is 0 Å². The van der Waals surface area contributed by atoms with Crippen LogP contribution in [0.5, 0.6) is 5.75 Å². The highest BCUT2D eigenvalue weighted by Crippen LogP contribution is 2.30. The van der Waals surface area contributed by atoms with Crippen LogP contribution >= 0.6 is 27.5 Å². The van der Waals surface area contributed by atoms with Crippen LogP contribution in [0.2, 0.25) is 5.02 Å². The number of aromatic carboxylic acids is 1. The molecular weight excluding hydrogens is 552 g/mol. The van der Waals surface area contributed by atoms with Gasteiger partial charge in [-0.1, -0.05) is 35.9 Å². The SMILES string of the molecule is Cc1ccc(Cl)cc1N1C(=O)NC(=O)/C(=C\c2ccc(OCc3ccc(C(=O)O)cc3)c(Br)c2)C1=O. The normalized spacial score (nSPS) is 14.7. The number of nitrogens with one attached hydrogen (secondary N) is 1. The Kier molecular flexibility index (Phi) is 7.23. The topological polar surface area (TPSA) is 113 Å². The molecule has 4 rings (SSSR count). The molecule has 36 heavy (non-hydrogen) atoms. The highest BCUT2D eigenvalue weighted by atomic mass is 79.9. The van der Waals surface area contributed by atoms with Crippen molar-refractivity contribution >= 4 is 63.1 Å². The van der Waals surface area contributed by atoms with Crippen LogP contribution in [-0.2, 0) is 16.2 Å². The molecule has 3 aromatic carbocycles. The molecule has 0 saturated carbocycles. The van der Waals surface area contributed by atoms with Crippen molar-refractivity contribution in [3.05, 3.63) is 98.0 Å². The first-order valence-corrected chi connectivity index (χ1v) is 11.7. The number of hydrogen-bond acceptors (Lipinski definition) is 5. The molecule has 0 aromatic heterocycles. The molecule has 0 unspecified atom stereocenters. The van der Waals surface area contributed by atoms with Crippen LogP contribution in [0.25, 0.3) is 6.08 Å². The number of amides is 4. The first-order valence-electron chi connectivity index (χ1n) is 10.6. The fraction of sp³-hybridized carbons (Fsp3) is 0.0769. The number of benzene rings is 3. The van der Waals surface area contributed by atoms with Crippen LogP contribution in [-0.4, -0.2) is 28.9 Å². The zero-order valence-electron chi connectivity index (χ0n) is 18.7. The summed E-state index contributed by atoms with van der Waals surface area (Å²) >= 11 is 9.48.